The van der Waals surface area contributed by atoms with Crippen LogP contribution in [0.15, 0.2) is 36.5 Å². The summed E-state index contributed by atoms with van der Waals surface area (Å²) in [6.07, 6.45) is 3.76. The number of carbonyl (C=O) groups is 1. The monoisotopic (exact) mass is 355 g/mol. The van der Waals surface area contributed by atoms with Crippen LogP contribution in [0.25, 0.3) is 0 Å². The molecule has 0 saturated carbocycles. The molecule has 6 heteroatoms. The maximum absolute atomic E-state index is 12.6. The van der Waals surface area contributed by atoms with Gasteiger partial charge in [0.2, 0.25) is 0 Å². The zero-order chi connectivity index (χ0) is 18.1. The minimum absolute atomic E-state index is 0.0683. The Morgan fingerprint density at radius 3 is 2.92 bits per heavy atom. The summed E-state index contributed by atoms with van der Waals surface area (Å²) in [6.45, 7) is 4.46. The number of pyridine rings is 1. The molecule has 2 aliphatic heterocycles. The molecule has 138 valence electrons. The zero-order valence-electron chi connectivity index (χ0n) is 15.4. The molecule has 1 amide bonds. The van der Waals surface area contributed by atoms with E-state index >= 15 is 0 Å². The van der Waals surface area contributed by atoms with Gasteiger partial charge in [-0.3, -0.25) is 9.78 Å². The molecule has 1 atom stereocenters. The molecule has 1 spiro atoms. The van der Waals surface area contributed by atoms with Gasteiger partial charge in [-0.2, -0.15) is 0 Å². The van der Waals surface area contributed by atoms with Crippen molar-refractivity contribution < 1.29 is 14.3 Å². The van der Waals surface area contributed by atoms with Crippen LogP contribution in [0.1, 0.15) is 34.7 Å². The summed E-state index contributed by atoms with van der Waals surface area (Å²) in [5, 5.41) is 0. The average molecular weight is 355 g/mol. The van der Waals surface area contributed by atoms with E-state index in [0.717, 1.165) is 24.2 Å². The number of carbonyl (C=O) groups excluding carboxylic acids is 1. The molecule has 2 aromatic rings. The van der Waals surface area contributed by atoms with Gasteiger partial charge in [0.15, 0.2) is 0 Å². The number of nitrogens with zero attached hydrogens (tertiary/aromatic N) is 3. The fraction of sp³-hybridized carbons (Fsp3) is 0.500. The summed E-state index contributed by atoms with van der Waals surface area (Å²) >= 11 is 0. The maximum Gasteiger partial charge on any atom is 0.270 e. The molecule has 0 radical (unpaired) electrons. The normalized spacial score (nSPS) is 21.6. The van der Waals surface area contributed by atoms with Gasteiger partial charge in [0.05, 0.1) is 31.5 Å². The number of aromatic nitrogens is 2. The molecule has 4 heterocycles. The largest absolute Gasteiger partial charge is 0.372 e. The standard InChI is InChI=1S/C20H25N3O3/c1-15-5-3-6-16(21-15)12-25-17-8-10-26-20(11-17)13-23(14-20)19(24)18-7-4-9-22(18)2/h3-7,9,17H,8,10-14H2,1-2H3/t17-/m1/s1. The molecule has 2 aromatic heterocycles. The van der Waals surface area contributed by atoms with E-state index in [1.165, 1.54) is 0 Å². The minimum atomic E-state index is -0.246. The molecule has 26 heavy (non-hydrogen) atoms. The number of likely N-dealkylation sites (tertiary alicyclic amines) is 1. The Balaban J connectivity index is 1.32. The van der Waals surface area contributed by atoms with Gasteiger partial charge in [0.1, 0.15) is 11.3 Å². The Morgan fingerprint density at radius 2 is 2.19 bits per heavy atom. The van der Waals surface area contributed by atoms with E-state index in [4.69, 9.17) is 9.47 Å². The Hall–Kier alpha value is -2.18. The number of ether oxygens (including phenoxy) is 2. The SMILES string of the molecule is Cc1cccc(CO[C@@H]2CCOC3(C2)CN(C(=O)c2cccn2C)C3)n1. The molecule has 6 nitrogen and oxygen atoms in total. The first kappa shape index (κ1) is 17.2. The number of rotatable bonds is 4. The van der Waals surface area contributed by atoms with E-state index < -0.39 is 0 Å². The number of hydrogen-bond donors (Lipinski definition) is 0. The highest BCUT2D eigenvalue weighted by molar-refractivity contribution is 5.93. The summed E-state index contributed by atoms with van der Waals surface area (Å²) in [5.41, 5.74) is 2.43. The molecule has 0 aromatic carbocycles. The Labute approximate surface area is 153 Å². The van der Waals surface area contributed by atoms with Crippen molar-refractivity contribution >= 4 is 5.91 Å². The summed E-state index contributed by atoms with van der Waals surface area (Å²) in [5.74, 6) is 0.0683. The van der Waals surface area contributed by atoms with E-state index in [9.17, 15) is 4.79 Å². The average Bonchev–Trinajstić information content (AvgIpc) is 3.03. The predicted octanol–water partition coefficient (Wildman–Crippen LogP) is 2.32. The summed E-state index contributed by atoms with van der Waals surface area (Å²) in [4.78, 5) is 18.9. The van der Waals surface area contributed by atoms with Crippen molar-refractivity contribution in [2.24, 2.45) is 7.05 Å². The second-order valence-electron chi connectivity index (χ2n) is 7.39. The third-order valence-corrected chi connectivity index (χ3v) is 5.27. The number of hydrogen-bond acceptors (Lipinski definition) is 4. The first-order chi connectivity index (χ1) is 12.5. The lowest BCUT2D eigenvalue weighted by Gasteiger charge is -2.52. The molecule has 2 fully saturated rings. The predicted molar refractivity (Wildman–Crippen MR) is 96.8 cm³/mol. The first-order valence-corrected chi connectivity index (χ1v) is 9.13. The molecule has 4 rings (SSSR count). The minimum Gasteiger partial charge on any atom is -0.372 e. The van der Waals surface area contributed by atoms with Gasteiger partial charge in [-0.25, -0.2) is 0 Å². The van der Waals surface area contributed by atoms with Crippen LogP contribution in [0.4, 0.5) is 0 Å². The highest BCUT2D eigenvalue weighted by Gasteiger charge is 2.50. The van der Waals surface area contributed by atoms with Crippen molar-refractivity contribution in [2.75, 3.05) is 19.7 Å². The van der Waals surface area contributed by atoms with Crippen molar-refractivity contribution in [2.45, 2.75) is 38.1 Å². The summed E-state index contributed by atoms with van der Waals surface area (Å²) < 4.78 is 14.0. The topological polar surface area (TPSA) is 56.6 Å². The van der Waals surface area contributed by atoms with Crippen LogP contribution in [0.5, 0.6) is 0 Å². The summed E-state index contributed by atoms with van der Waals surface area (Å²) in [7, 11) is 1.89. The van der Waals surface area contributed by atoms with Crippen LogP contribution in [0, 0.1) is 6.92 Å². The lowest BCUT2D eigenvalue weighted by atomic mass is 9.84. The van der Waals surface area contributed by atoms with E-state index in [2.05, 4.69) is 4.98 Å². The fourth-order valence-corrected chi connectivity index (χ4v) is 3.87. The van der Waals surface area contributed by atoms with Gasteiger partial charge in [-0.15, -0.1) is 0 Å². The van der Waals surface area contributed by atoms with E-state index in [1.807, 2.05) is 60.0 Å². The molecule has 0 unspecified atom stereocenters. The van der Waals surface area contributed by atoms with Crippen LogP contribution in [-0.4, -0.2) is 51.8 Å². The van der Waals surface area contributed by atoms with E-state index in [-0.39, 0.29) is 17.6 Å². The third-order valence-electron chi connectivity index (χ3n) is 5.27. The number of amides is 1. The van der Waals surface area contributed by atoms with Crippen molar-refractivity contribution in [3.8, 4) is 0 Å². The van der Waals surface area contributed by atoms with Crippen LogP contribution < -0.4 is 0 Å². The Kier molecular flexibility index (Phi) is 4.54. The molecule has 0 N–H and O–H groups in total. The Morgan fingerprint density at radius 1 is 1.35 bits per heavy atom. The molecule has 2 aliphatic rings. The highest BCUT2D eigenvalue weighted by atomic mass is 16.5. The van der Waals surface area contributed by atoms with Crippen LogP contribution in [0.2, 0.25) is 0 Å². The molecule has 0 aliphatic carbocycles. The van der Waals surface area contributed by atoms with E-state index in [0.29, 0.717) is 32.0 Å². The molecular formula is C20H25N3O3. The van der Waals surface area contributed by atoms with Crippen LogP contribution in [-0.2, 0) is 23.1 Å². The molecular weight excluding hydrogens is 330 g/mol. The van der Waals surface area contributed by atoms with Gasteiger partial charge in [-0.05, 0) is 37.6 Å². The lowest BCUT2D eigenvalue weighted by molar-refractivity contribution is -0.188. The van der Waals surface area contributed by atoms with Gasteiger partial charge in [0, 0.05) is 32.0 Å². The second kappa shape index (κ2) is 6.85. The van der Waals surface area contributed by atoms with Crippen molar-refractivity contribution in [1.29, 1.82) is 0 Å². The number of aryl methyl sites for hydroxylation is 2. The highest BCUT2D eigenvalue weighted by Crippen LogP contribution is 2.36. The van der Waals surface area contributed by atoms with E-state index in [1.54, 1.807) is 0 Å². The maximum atomic E-state index is 12.6. The first-order valence-electron chi connectivity index (χ1n) is 9.13. The zero-order valence-corrected chi connectivity index (χ0v) is 15.4. The van der Waals surface area contributed by atoms with Gasteiger partial charge >= 0.3 is 0 Å². The van der Waals surface area contributed by atoms with Gasteiger partial charge in [0.25, 0.3) is 5.91 Å². The lowest BCUT2D eigenvalue weighted by Crippen LogP contribution is -2.67. The molecule has 0 bridgehead atoms. The van der Waals surface area contributed by atoms with Crippen LogP contribution >= 0.6 is 0 Å². The van der Waals surface area contributed by atoms with Crippen LogP contribution in [0.3, 0.4) is 0 Å². The molecule has 2 saturated heterocycles. The summed E-state index contributed by atoms with van der Waals surface area (Å²) in [6, 6.07) is 9.73. The smallest absolute Gasteiger partial charge is 0.270 e. The van der Waals surface area contributed by atoms with Crippen molar-refractivity contribution in [3.63, 3.8) is 0 Å². The van der Waals surface area contributed by atoms with Gasteiger partial charge in [-0.1, -0.05) is 6.07 Å². The van der Waals surface area contributed by atoms with Crippen molar-refractivity contribution in [3.05, 3.63) is 53.6 Å². The second-order valence-corrected chi connectivity index (χ2v) is 7.39. The van der Waals surface area contributed by atoms with Gasteiger partial charge < -0.3 is 18.9 Å². The fourth-order valence-electron chi connectivity index (χ4n) is 3.87. The van der Waals surface area contributed by atoms with Crippen molar-refractivity contribution in [1.82, 2.24) is 14.5 Å². The third kappa shape index (κ3) is 3.39. The Bertz CT molecular complexity index is 795. The quantitative estimate of drug-likeness (QED) is 0.845.